The lowest BCUT2D eigenvalue weighted by Crippen LogP contribution is -2.14. The van der Waals surface area contributed by atoms with Crippen molar-refractivity contribution in [3.63, 3.8) is 0 Å². The van der Waals surface area contributed by atoms with Gasteiger partial charge in [0.25, 0.3) is 10.0 Å². The zero-order valence-electron chi connectivity index (χ0n) is 18.1. The molecule has 1 aliphatic rings. The lowest BCUT2D eigenvalue weighted by molar-refractivity contribution is 0.0526. The second kappa shape index (κ2) is 7.84. The van der Waals surface area contributed by atoms with E-state index in [1.807, 2.05) is 18.2 Å². The number of hydrogen-bond donors (Lipinski definition) is 1. The Morgan fingerprint density at radius 2 is 1.94 bits per heavy atom. The van der Waals surface area contributed by atoms with E-state index in [-0.39, 0.29) is 22.4 Å². The summed E-state index contributed by atoms with van der Waals surface area (Å²) in [5.74, 6) is 0.756. The maximum Gasteiger partial charge on any atom is 0.506 e. The van der Waals surface area contributed by atoms with Gasteiger partial charge in [0, 0.05) is 12.1 Å². The summed E-state index contributed by atoms with van der Waals surface area (Å²) >= 11 is 0. The van der Waals surface area contributed by atoms with E-state index in [4.69, 9.17) is 9.84 Å². The Bertz CT molecular complexity index is 1460. The van der Waals surface area contributed by atoms with Gasteiger partial charge in [-0.15, -0.1) is 10.2 Å². The third-order valence-electron chi connectivity index (χ3n) is 6.41. The molecule has 1 saturated carbocycles. The number of nitrogens with zero attached hydrogens (tertiary/aromatic N) is 5. The van der Waals surface area contributed by atoms with E-state index in [9.17, 15) is 13.2 Å². The third kappa shape index (κ3) is 3.52. The van der Waals surface area contributed by atoms with Gasteiger partial charge in [0.15, 0.2) is 11.3 Å². The van der Waals surface area contributed by atoms with Crippen LogP contribution in [0.1, 0.15) is 43.5 Å². The highest BCUT2D eigenvalue weighted by molar-refractivity contribution is 7.90. The number of aromatic nitrogens is 5. The summed E-state index contributed by atoms with van der Waals surface area (Å²) in [6, 6.07) is 8.35. The third-order valence-corrected chi connectivity index (χ3v) is 8.10. The van der Waals surface area contributed by atoms with Crippen molar-refractivity contribution in [3.8, 4) is 0 Å². The molecule has 0 spiro atoms. The maximum absolute atomic E-state index is 13.3. The van der Waals surface area contributed by atoms with Crippen molar-refractivity contribution in [2.24, 2.45) is 5.92 Å². The molecule has 1 aliphatic carbocycles. The van der Waals surface area contributed by atoms with Crippen molar-refractivity contribution in [2.75, 3.05) is 0 Å². The molecular weight excluding hydrogens is 446 g/mol. The quantitative estimate of drug-likeness (QED) is 0.439. The molecule has 1 N–H and O–H groups in total. The van der Waals surface area contributed by atoms with Gasteiger partial charge in [-0.1, -0.05) is 31.0 Å². The van der Waals surface area contributed by atoms with E-state index < -0.39 is 22.3 Å². The molecule has 0 saturated heterocycles. The molecule has 0 amide bonds. The van der Waals surface area contributed by atoms with E-state index >= 15 is 0 Å². The van der Waals surface area contributed by atoms with Crippen LogP contribution in [-0.4, -0.2) is 49.3 Å². The molecule has 0 unspecified atom stereocenters. The van der Waals surface area contributed by atoms with Gasteiger partial charge in [-0.2, -0.15) is 0 Å². The van der Waals surface area contributed by atoms with Gasteiger partial charge in [-0.05, 0) is 43.9 Å². The van der Waals surface area contributed by atoms with E-state index in [1.165, 1.54) is 16.4 Å². The van der Waals surface area contributed by atoms with Gasteiger partial charge < -0.3 is 9.84 Å². The monoisotopic (exact) mass is 469 g/mol. The van der Waals surface area contributed by atoms with Crippen molar-refractivity contribution in [1.82, 2.24) is 23.6 Å². The second-order valence-electron chi connectivity index (χ2n) is 8.40. The summed E-state index contributed by atoms with van der Waals surface area (Å²) in [4.78, 5) is 15.6. The topological polar surface area (TPSA) is 129 Å². The highest BCUT2D eigenvalue weighted by atomic mass is 32.2. The number of hydrogen-bond acceptors (Lipinski definition) is 7. The molecular formula is C22H23N5O5S. The molecule has 4 aromatic rings. The van der Waals surface area contributed by atoms with Gasteiger partial charge >= 0.3 is 6.16 Å². The Labute approximate surface area is 189 Å². The summed E-state index contributed by atoms with van der Waals surface area (Å²) in [5, 5.41) is 17.7. The molecule has 0 radical (unpaired) electrons. The van der Waals surface area contributed by atoms with Crippen molar-refractivity contribution in [3.05, 3.63) is 54.1 Å². The molecule has 0 bridgehead atoms. The van der Waals surface area contributed by atoms with Gasteiger partial charge in [-0.25, -0.2) is 22.2 Å². The zero-order chi connectivity index (χ0) is 23.3. The minimum absolute atomic E-state index is 0.0722. The average molecular weight is 470 g/mol. The predicted octanol–water partition coefficient (Wildman–Crippen LogP) is 3.59. The predicted molar refractivity (Wildman–Crippen MR) is 119 cm³/mol. The Morgan fingerprint density at radius 1 is 1.18 bits per heavy atom. The van der Waals surface area contributed by atoms with Crippen LogP contribution in [-0.2, 0) is 14.8 Å². The number of aryl methyl sites for hydroxylation is 1. The molecule has 5 rings (SSSR count). The number of ether oxygens (including phenoxy) is 1. The van der Waals surface area contributed by atoms with Crippen molar-refractivity contribution >= 4 is 33.0 Å². The summed E-state index contributed by atoms with van der Waals surface area (Å²) in [5.41, 5.74) is 2.31. The molecule has 0 aliphatic heterocycles. The number of carboxylic acid groups (broad SMARTS) is 1. The molecule has 1 fully saturated rings. The first kappa shape index (κ1) is 21.4. The van der Waals surface area contributed by atoms with Crippen LogP contribution in [0.5, 0.6) is 0 Å². The normalized spacial score (nSPS) is 21.1. The molecule has 3 heterocycles. The fourth-order valence-corrected chi connectivity index (χ4v) is 6.09. The number of fused-ring (bicyclic) bond motifs is 3. The highest BCUT2D eigenvalue weighted by Crippen LogP contribution is 2.42. The minimum Gasteiger partial charge on any atom is -0.450 e. The van der Waals surface area contributed by atoms with Crippen LogP contribution >= 0.6 is 0 Å². The maximum atomic E-state index is 13.3. The zero-order valence-corrected chi connectivity index (χ0v) is 18.9. The van der Waals surface area contributed by atoms with Crippen LogP contribution in [0.4, 0.5) is 4.79 Å². The Hall–Kier alpha value is -3.47. The van der Waals surface area contributed by atoms with Crippen LogP contribution < -0.4 is 0 Å². The largest absolute Gasteiger partial charge is 0.506 e. The van der Waals surface area contributed by atoms with Crippen molar-refractivity contribution in [1.29, 1.82) is 0 Å². The molecule has 33 heavy (non-hydrogen) atoms. The first-order valence-corrected chi connectivity index (χ1v) is 12.2. The summed E-state index contributed by atoms with van der Waals surface area (Å²) in [7, 11) is -3.85. The lowest BCUT2D eigenvalue weighted by Gasteiger charge is -2.15. The van der Waals surface area contributed by atoms with E-state index in [1.54, 1.807) is 30.3 Å². The summed E-state index contributed by atoms with van der Waals surface area (Å²) < 4.78 is 34.6. The van der Waals surface area contributed by atoms with Crippen LogP contribution in [0.25, 0.3) is 16.8 Å². The highest BCUT2D eigenvalue weighted by Gasteiger charge is 2.39. The minimum atomic E-state index is -3.85. The van der Waals surface area contributed by atoms with Gasteiger partial charge in [-0.3, -0.25) is 4.40 Å². The Balaban J connectivity index is 1.62. The number of carbonyl (C=O) groups is 1. The molecule has 172 valence electrons. The average Bonchev–Trinajstić information content (AvgIpc) is 3.49. The van der Waals surface area contributed by atoms with Crippen LogP contribution in [0.15, 0.2) is 47.6 Å². The Morgan fingerprint density at radius 3 is 2.64 bits per heavy atom. The molecule has 10 nitrogen and oxygen atoms in total. The molecule has 1 aromatic carbocycles. The SMILES string of the molecule is CC[C@@H]1C[C@H](OC(=O)O)C[C@@H]1c1nnc2cnc3c(ccn3S(=O)(=O)c3ccc(C)cc3)n12. The molecule has 11 heteroatoms. The van der Waals surface area contributed by atoms with E-state index in [0.717, 1.165) is 12.0 Å². The van der Waals surface area contributed by atoms with Gasteiger partial charge in [0.1, 0.15) is 11.9 Å². The number of rotatable bonds is 5. The van der Waals surface area contributed by atoms with Crippen molar-refractivity contribution < 1.29 is 23.1 Å². The lowest BCUT2D eigenvalue weighted by atomic mass is 9.93. The van der Waals surface area contributed by atoms with Crippen molar-refractivity contribution in [2.45, 2.75) is 50.0 Å². The fourth-order valence-electron chi connectivity index (χ4n) is 4.79. The molecule has 3 aromatic heterocycles. The first-order chi connectivity index (χ1) is 15.8. The van der Waals surface area contributed by atoms with Gasteiger partial charge in [0.05, 0.1) is 16.6 Å². The summed E-state index contributed by atoms with van der Waals surface area (Å²) in [6.45, 7) is 3.94. The Kier molecular flexibility index (Phi) is 5.08. The number of benzene rings is 1. The van der Waals surface area contributed by atoms with Crippen LogP contribution in [0.3, 0.4) is 0 Å². The van der Waals surface area contributed by atoms with Crippen LogP contribution in [0, 0.1) is 12.8 Å². The standard InChI is InChI=1S/C22H23N5O5S/c1-3-14-10-15(32-22(28)29)11-17(14)20-25-24-19-12-23-21-18(27(19)20)8-9-26(21)33(30,31)16-6-4-13(2)5-7-16/h4-9,12,14-15,17H,3,10-11H2,1-2H3,(H,28,29)/t14-,15+,17+/m1/s1. The second-order valence-corrected chi connectivity index (χ2v) is 10.2. The summed E-state index contributed by atoms with van der Waals surface area (Å²) in [6.07, 6.45) is 3.23. The fraction of sp³-hybridized carbons (Fsp3) is 0.364. The first-order valence-electron chi connectivity index (χ1n) is 10.7. The van der Waals surface area contributed by atoms with Gasteiger partial charge in [0.2, 0.25) is 0 Å². The molecule has 3 atom stereocenters. The smallest absolute Gasteiger partial charge is 0.450 e. The van der Waals surface area contributed by atoms with Crippen LogP contribution in [0.2, 0.25) is 0 Å². The van der Waals surface area contributed by atoms with E-state index in [0.29, 0.717) is 29.8 Å². The van der Waals surface area contributed by atoms with E-state index in [2.05, 4.69) is 15.2 Å².